The third-order valence-electron chi connectivity index (χ3n) is 6.66. The molecule has 0 aromatic carbocycles. The van der Waals surface area contributed by atoms with Crippen molar-refractivity contribution in [1.29, 1.82) is 0 Å². The van der Waals surface area contributed by atoms with Gasteiger partial charge in [0.15, 0.2) is 5.60 Å². The van der Waals surface area contributed by atoms with Crippen LogP contribution in [-0.2, 0) is 19.1 Å². The molecule has 3 N–H and O–H groups in total. The van der Waals surface area contributed by atoms with Crippen LogP contribution in [0.2, 0.25) is 0 Å². The molecular formula is C20H28O7. The maximum atomic E-state index is 12.4. The molecule has 8 atom stereocenters. The highest BCUT2D eigenvalue weighted by atomic mass is 16.6. The van der Waals surface area contributed by atoms with E-state index in [1.165, 1.54) is 0 Å². The van der Waals surface area contributed by atoms with Gasteiger partial charge in [0, 0.05) is 17.9 Å². The zero-order chi connectivity index (χ0) is 20.1. The summed E-state index contributed by atoms with van der Waals surface area (Å²) in [6.45, 7) is 10.6. The van der Waals surface area contributed by atoms with Gasteiger partial charge in [-0.1, -0.05) is 32.6 Å². The number of esters is 2. The lowest BCUT2D eigenvalue weighted by atomic mass is 9.75. The second-order valence-corrected chi connectivity index (χ2v) is 8.09. The molecule has 0 amide bonds. The van der Waals surface area contributed by atoms with E-state index in [0.29, 0.717) is 12.8 Å². The summed E-state index contributed by atoms with van der Waals surface area (Å²) in [6.07, 6.45) is -1.11. The average Bonchev–Trinajstić information content (AvgIpc) is 3.03. The highest BCUT2D eigenvalue weighted by molar-refractivity contribution is 5.88. The van der Waals surface area contributed by atoms with E-state index in [1.807, 2.05) is 6.92 Å². The summed E-state index contributed by atoms with van der Waals surface area (Å²) in [5, 5.41) is 31.0. The van der Waals surface area contributed by atoms with E-state index < -0.39 is 48.4 Å². The maximum Gasteiger partial charge on any atom is 0.341 e. The van der Waals surface area contributed by atoms with Crippen molar-refractivity contribution in [3.63, 3.8) is 0 Å². The van der Waals surface area contributed by atoms with Crippen molar-refractivity contribution in [1.82, 2.24) is 0 Å². The van der Waals surface area contributed by atoms with E-state index in [-0.39, 0.29) is 29.7 Å². The first-order valence-corrected chi connectivity index (χ1v) is 9.44. The molecule has 0 spiro atoms. The fourth-order valence-electron chi connectivity index (χ4n) is 4.95. The zero-order valence-corrected chi connectivity index (χ0v) is 15.8. The van der Waals surface area contributed by atoms with Crippen molar-refractivity contribution < 1.29 is 34.4 Å². The Bertz CT molecular complexity index is 671. The summed E-state index contributed by atoms with van der Waals surface area (Å²) in [5.41, 5.74) is -1.09. The molecule has 27 heavy (non-hydrogen) atoms. The molecule has 3 aliphatic rings. The van der Waals surface area contributed by atoms with Crippen molar-refractivity contribution in [2.24, 2.45) is 23.7 Å². The first-order valence-electron chi connectivity index (χ1n) is 9.44. The minimum atomic E-state index is -2.16. The van der Waals surface area contributed by atoms with Gasteiger partial charge in [-0.3, -0.25) is 0 Å². The fraction of sp³-hybridized carbons (Fsp3) is 0.700. The number of aliphatic hydroxyl groups is 3. The van der Waals surface area contributed by atoms with Gasteiger partial charge in [0.25, 0.3) is 0 Å². The second-order valence-electron chi connectivity index (χ2n) is 8.09. The smallest absolute Gasteiger partial charge is 0.341 e. The molecule has 1 saturated heterocycles. The van der Waals surface area contributed by atoms with Crippen molar-refractivity contribution in [3.8, 4) is 0 Å². The molecule has 0 bridgehead atoms. The van der Waals surface area contributed by atoms with Crippen LogP contribution in [0.1, 0.15) is 33.1 Å². The lowest BCUT2D eigenvalue weighted by Crippen LogP contribution is -2.52. The first-order chi connectivity index (χ1) is 12.7. The number of fused-ring (bicyclic) bond motifs is 3. The van der Waals surface area contributed by atoms with Gasteiger partial charge in [-0.25, -0.2) is 9.59 Å². The van der Waals surface area contributed by atoms with Crippen LogP contribution in [0.25, 0.3) is 0 Å². The van der Waals surface area contributed by atoms with Crippen LogP contribution in [0.5, 0.6) is 0 Å². The van der Waals surface area contributed by atoms with Crippen molar-refractivity contribution in [2.45, 2.75) is 57.0 Å². The topological polar surface area (TPSA) is 113 Å². The number of hydrogen-bond acceptors (Lipinski definition) is 7. The Morgan fingerprint density at radius 3 is 2.70 bits per heavy atom. The van der Waals surface area contributed by atoms with Gasteiger partial charge in [-0.2, -0.15) is 0 Å². The molecule has 2 aliphatic carbocycles. The molecule has 1 aliphatic heterocycles. The molecule has 2 saturated carbocycles. The van der Waals surface area contributed by atoms with E-state index in [2.05, 4.69) is 13.2 Å². The lowest BCUT2D eigenvalue weighted by Gasteiger charge is -2.34. The molecule has 3 fully saturated rings. The molecule has 1 heterocycles. The summed E-state index contributed by atoms with van der Waals surface area (Å²) in [4.78, 5) is 24.7. The fourth-order valence-corrected chi connectivity index (χ4v) is 4.95. The molecule has 8 unspecified atom stereocenters. The molecule has 150 valence electrons. The third kappa shape index (κ3) is 3.02. The predicted molar refractivity (Wildman–Crippen MR) is 95.2 cm³/mol. The van der Waals surface area contributed by atoms with E-state index in [1.54, 1.807) is 6.92 Å². The molecule has 7 nitrogen and oxygen atoms in total. The van der Waals surface area contributed by atoms with Crippen molar-refractivity contribution in [3.05, 3.63) is 24.3 Å². The monoisotopic (exact) mass is 380 g/mol. The average molecular weight is 380 g/mol. The molecule has 0 aromatic heterocycles. The Hall–Kier alpha value is -1.70. The van der Waals surface area contributed by atoms with Gasteiger partial charge >= 0.3 is 11.9 Å². The van der Waals surface area contributed by atoms with Crippen LogP contribution in [0.4, 0.5) is 0 Å². The number of carbonyl (C=O) groups excluding carboxylic acids is 2. The third-order valence-corrected chi connectivity index (χ3v) is 6.66. The second kappa shape index (κ2) is 7.04. The van der Waals surface area contributed by atoms with Crippen LogP contribution in [0.15, 0.2) is 24.3 Å². The quantitative estimate of drug-likeness (QED) is 0.374. The molecule has 7 heteroatoms. The number of carbonyl (C=O) groups is 2. The Balaban J connectivity index is 2.02. The van der Waals surface area contributed by atoms with Gasteiger partial charge in [-0.15, -0.1) is 0 Å². The molecular weight excluding hydrogens is 352 g/mol. The van der Waals surface area contributed by atoms with Gasteiger partial charge in [-0.05, 0) is 24.7 Å². The molecule has 0 aromatic rings. The van der Waals surface area contributed by atoms with Gasteiger partial charge < -0.3 is 24.8 Å². The summed E-state index contributed by atoms with van der Waals surface area (Å²) in [7, 11) is 0. The lowest BCUT2D eigenvalue weighted by molar-refractivity contribution is -0.165. The van der Waals surface area contributed by atoms with E-state index in [4.69, 9.17) is 9.47 Å². The highest BCUT2D eigenvalue weighted by Crippen LogP contribution is 2.54. The number of rotatable bonds is 4. The van der Waals surface area contributed by atoms with E-state index in [0.717, 1.165) is 5.57 Å². The number of ether oxygens (including phenoxy) is 2. The zero-order valence-electron chi connectivity index (χ0n) is 15.8. The van der Waals surface area contributed by atoms with Crippen LogP contribution >= 0.6 is 0 Å². The summed E-state index contributed by atoms with van der Waals surface area (Å²) in [6, 6.07) is 0. The largest absolute Gasteiger partial charge is 0.459 e. The normalized spacial score (nSPS) is 43.5. The molecule has 3 rings (SSSR count). The maximum absolute atomic E-state index is 12.4. The summed E-state index contributed by atoms with van der Waals surface area (Å²) in [5.74, 6) is -3.03. The minimum absolute atomic E-state index is 0.116. The summed E-state index contributed by atoms with van der Waals surface area (Å²) >= 11 is 0. The standard InChI is InChI=1S/C20H28O7/c1-5-9(2)18(23)26-14-6-10(3)12-7-13(22)11(4)15(12)17-16(14)20(25,8-21)19(24)27-17/h11-17,21-22,25H,2-3,5-8H2,1,4H3. The molecule has 0 radical (unpaired) electrons. The van der Waals surface area contributed by atoms with E-state index >= 15 is 0 Å². The Morgan fingerprint density at radius 1 is 1.44 bits per heavy atom. The van der Waals surface area contributed by atoms with Crippen molar-refractivity contribution in [2.75, 3.05) is 6.61 Å². The van der Waals surface area contributed by atoms with Crippen molar-refractivity contribution >= 4 is 11.9 Å². The Labute approximate surface area is 158 Å². The van der Waals surface area contributed by atoms with Crippen LogP contribution < -0.4 is 0 Å². The van der Waals surface area contributed by atoms with Crippen LogP contribution in [0.3, 0.4) is 0 Å². The predicted octanol–water partition coefficient (Wildman–Crippen LogP) is 0.722. The highest BCUT2D eigenvalue weighted by Gasteiger charge is 2.66. The first kappa shape index (κ1) is 20.0. The van der Waals surface area contributed by atoms with Gasteiger partial charge in [0.2, 0.25) is 0 Å². The van der Waals surface area contributed by atoms with Crippen LogP contribution in [0, 0.1) is 23.7 Å². The minimum Gasteiger partial charge on any atom is -0.459 e. The Kier molecular flexibility index (Phi) is 5.22. The van der Waals surface area contributed by atoms with Gasteiger partial charge in [0.1, 0.15) is 12.2 Å². The Morgan fingerprint density at radius 2 is 2.11 bits per heavy atom. The SMILES string of the molecule is C=C(CC)C(=O)OC1CC(=C)C2CC(O)C(C)C2C2OC(=O)C(O)(CO)C12. The summed E-state index contributed by atoms with van der Waals surface area (Å²) < 4.78 is 11.1. The number of aliphatic hydroxyl groups excluding tert-OH is 2. The van der Waals surface area contributed by atoms with E-state index in [9.17, 15) is 24.9 Å². The number of hydrogen-bond donors (Lipinski definition) is 3. The van der Waals surface area contributed by atoms with Crippen LogP contribution in [-0.4, -0.2) is 57.8 Å². The van der Waals surface area contributed by atoms with Gasteiger partial charge in [0.05, 0.1) is 18.6 Å².